The highest BCUT2D eigenvalue weighted by Gasteiger charge is 2.42. The van der Waals surface area contributed by atoms with Crippen molar-refractivity contribution in [2.45, 2.75) is 0 Å². The van der Waals surface area contributed by atoms with Gasteiger partial charge in [-0.2, -0.15) is 0 Å². The predicted octanol–water partition coefficient (Wildman–Crippen LogP) is 4.39. The van der Waals surface area contributed by atoms with Crippen molar-refractivity contribution < 1.29 is 32.6 Å². The lowest BCUT2D eigenvalue weighted by atomic mass is 10.0. The fourth-order valence-electron chi connectivity index (χ4n) is 3.67. The number of carbonyl (C=O) groups excluding carboxylic acids is 2. The maximum atomic E-state index is 14.6. The van der Waals surface area contributed by atoms with E-state index in [0.717, 1.165) is 12.1 Å². The number of benzene rings is 3. The van der Waals surface area contributed by atoms with Crippen LogP contribution in [0.15, 0.2) is 66.4 Å². The molecular weight excluding hydrogens is 446 g/mol. The number of anilines is 2. The molecule has 3 aromatic carbocycles. The number of rotatable bonds is 7. The van der Waals surface area contributed by atoms with Gasteiger partial charge in [0.05, 0.1) is 38.3 Å². The van der Waals surface area contributed by atoms with Crippen LogP contribution in [0.5, 0.6) is 17.2 Å². The Morgan fingerprint density at radius 1 is 0.794 bits per heavy atom. The molecule has 0 unspecified atom stereocenters. The van der Waals surface area contributed by atoms with Crippen LogP contribution in [0.25, 0.3) is 5.57 Å². The number of nitrogens with zero attached hydrogens (tertiary/aromatic N) is 1. The summed E-state index contributed by atoms with van der Waals surface area (Å²) in [5, 5.41) is 2.96. The highest BCUT2D eigenvalue weighted by Crippen LogP contribution is 2.39. The van der Waals surface area contributed by atoms with Crippen LogP contribution in [-0.2, 0) is 9.59 Å². The monoisotopic (exact) mass is 466 g/mol. The minimum atomic E-state index is -1.05. The number of hydrogen-bond acceptors (Lipinski definition) is 6. The molecule has 7 nitrogen and oxygen atoms in total. The first kappa shape index (κ1) is 22.8. The molecule has 1 aliphatic rings. The van der Waals surface area contributed by atoms with Crippen LogP contribution >= 0.6 is 0 Å². The number of para-hydroxylation sites is 1. The number of amides is 2. The Kier molecular flexibility index (Phi) is 6.18. The molecule has 0 bridgehead atoms. The third-order valence-electron chi connectivity index (χ3n) is 5.28. The molecule has 0 saturated heterocycles. The first-order valence-corrected chi connectivity index (χ1v) is 10.1. The van der Waals surface area contributed by atoms with Crippen molar-refractivity contribution in [3.8, 4) is 17.2 Å². The first-order valence-electron chi connectivity index (χ1n) is 10.1. The van der Waals surface area contributed by atoms with Gasteiger partial charge in [0.25, 0.3) is 11.8 Å². The van der Waals surface area contributed by atoms with Crippen LogP contribution in [0.3, 0.4) is 0 Å². The van der Waals surface area contributed by atoms with Gasteiger partial charge in [-0.05, 0) is 30.3 Å². The van der Waals surface area contributed by atoms with Crippen molar-refractivity contribution in [2.24, 2.45) is 0 Å². The maximum absolute atomic E-state index is 14.6. The Hall–Kier alpha value is -4.40. The smallest absolute Gasteiger partial charge is 0.282 e. The van der Waals surface area contributed by atoms with Gasteiger partial charge in [0.2, 0.25) is 0 Å². The molecule has 1 N–H and O–H groups in total. The Labute approximate surface area is 194 Å². The normalized spacial score (nSPS) is 13.4. The van der Waals surface area contributed by atoms with Crippen LogP contribution in [0.1, 0.15) is 5.56 Å². The van der Waals surface area contributed by atoms with E-state index in [4.69, 9.17) is 14.2 Å². The van der Waals surface area contributed by atoms with E-state index in [1.54, 1.807) is 42.5 Å². The molecule has 9 heteroatoms. The van der Waals surface area contributed by atoms with Gasteiger partial charge in [-0.15, -0.1) is 0 Å². The van der Waals surface area contributed by atoms with Gasteiger partial charge in [-0.1, -0.05) is 18.2 Å². The van der Waals surface area contributed by atoms with E-state index in [0.29, 0.717) is 39.5 Å². The van der Waals surface area contributed by atoms with Crippen LogP contribution in [0, 0.1) is 11.6 Å². The third-order valence-corrected chi connectivity index (χ3v) is 5.28. The fourth-order valence-corrected chi connectivity index (χ4v) is 3.67. The molecule has 0 radical (unpaired) electrons. The largest absolute Gasteiger partial charge is 0.497 e. The number of nitrogens with one attached hydrogen (secondary N) is 1. The third kappa shape index (κ3) is 3.92. The predicted molar refractivity (Wildman–Crippen MR) is 122 cm³/mol. The second-order valence-electron chi connectivity index (χ2n) is 7.18. The lowest BCUT2D eigenvalue weighted by molar-refractivity contribution is -0.120. The Morgan fingerprint density at radius 3 is 2.21 bits per heavy atom. The minimum absolute atomic E-state index is 0.0453. The molecular formula is C25H20F2N2O5. The second-order valence-corrected chi connectivity index (χ2v) is 7.18. The van der Waals surface area contributed by atoms with Crippen molar-refractivity contribution in [2.75, 3.05) is 31.5 Å². The van der Waals surface area contributed by atoms with Gasteiger partial charge in [-0.3, -0.25) is 9.59 Å². The van der Waals surface area contributed by atoms with E-state index in [1.165, 1.54) is 21.3 Å². The molecule has 0 aromatic heterocycles. The van der Waals surface area contributed by atoms with Crippen LogP contribution in [-0.4, -0.2) is 33.1 Å². The highest BCUT2D eigenvalue weighted by atomic mass is 19.1. The van der Waals surface area contributed by atoms with Crippen LogP contribution in [0.4, 0.5) is 20.2 Å². The summed E-state index contributed by atoms with van der Waals surface area (Å²) >= 11 is 0. The molecule has 0 fully saturated rings. The SMILES string of the molecule is COc1ccc(OC)c(NC2=C(c3ccccc3OC)C(=O)N(c3ccc(F)cc3F)C2=O)c1. The number of ether oxygens (including phenoxy) is 3. The summed E-state index contributed by atoms with van der Waals surface area (Å²) in [6, 6.07) is 14.1. The van der Waals surface area contributed by atoms with E-state index in [9.17, 15) is 18.4 Å². The quantitative estimate of drug-likeness (QED) is 0.521. The van der Waals surface area contributed by atoms with Crippen LogP contribution < -0.4 is 24.4 Å². The number of carbonyl (C=O) groups is 2. The molecule has 0 saturated carbocycles. The Balaban J connectivity index is 1.91. The van der Waals surface area contributed by atoms with Crippen molar-refractivity contribution in [1.82, 2.24) is 0 Å². The average Bonchev–Trinajstić information content (AvgIpc) is 3.08. The summed E-state index contributed by atoms with van der Waals surface area (Å²) < 4.78 is 44.1. The van der Waals surface area contributed by atoms with Crippen molar-refractivity contribution >= 4 is 28.8 Å². The number of methoxy groups -OCH3 is 3. The average molecular weight is 466 g/mol. The molecule has 3 aromatic rings. The first-order chi connectivity index (χ1) is 16.4. The number of halogens is 2. The molecule has 1 aliphatic heterocycles. The van der Waals surface area contributed by atoms with Gasteiger partial charge >= 0.3 is 0 Å². The Morgan fingerprint density at radius 2 is 1.53 bits per heavy atom. The maximum Gasteiger partial charge on any atom is 0.282 e. The molecule has 0 aliphatic carbocycles. The minimum Gasteiger partial charge on any atom is -0.497 e. The van der Waals surface area contributed by atoms with E-state index < -0.39 is 23.4 Å². The second kappa shape index (κ2) is 9.22. The van der Waals surface area contributed by atoms with E-state index in [2.05, 4.69) is 5.32 Å². The van der Waals surface area contributed by atoms with Crippen molar-refractivity contribution in [3.63, 3.8) is 0 Å². The van der Waals surface area contributed by atoms with E-state index in [-0.39, 0.29) is 17.0 Å². The van der Waals surface area contributed by atoms with Gasteiger partial charge in [0, 0.05) is 17.7 Å². The summed E-state index contributed by atoms with van der Waals surface area (Å²) in [4.78, 5) is 27.7. The summed E-state index contributed by atoms with van der Waals surface area (Å²) in [6.45, 7) is 0. The number of imide groups is 1. The lowest BCUT2D eigenvalue weighted by Crippen LogP contribution is -2.33. The number of hydrogen-bond donors (Lipinski definition) is 1. The van der Waals surface area contributed by atoms with Crippen LogP contribution in [0.2, 0.25) is 0 Å². The van der Waals surface area contributed by atoms with Gasteiger partial charge in [0.1, 0.15) is 34.6 Å². The molecule has 2 amide bonds. The fraction of sp³-hybridized carbons (Fsp3) is 0.120. The van der Waals surface area contributed by atoms with Gasteiger partial charge in [-0.25, -0.2) is 13.7 Å². The molecule has 0 atom stereocenters. The Bertz CT molecular complexity index is 1320. The van der Waals surface area contributed by atoms with Gasteiger partial charge < -0.3 is 19.5 Å². The molecule has 34 heavy (non-hydrogen) atoms. The summed E-state index contributed by atoms with van der Waals surface area (Å²) in [6.07, 6.45) is 0. The summed E-state index contributed by atoms with van der Waals surface area (Å²) in [7, 11) is 4.36. The zero-order chi connectivity index (χ0) is 24.4. The summed E-state index contributed by atoms with van der Waals surface area (Å²) in [5.41, 5.74) is 0.101. The molecule has 4 rings (SSSR count). The molecule has 174 valence electrons. The zero-order valence-electron chi connectivity index (χ0n) is 18.5. The molecule has 0 spiro atoms. The molecule has 1 heterocycles. The van der Waals surface area contributed by atoms with Crippen molar-refractivity contribution in [3.05, 3.63) is 83.6 Å². The van der Waals surface area contributed by atoms with E-state index in [1.807, 2.05) is 0 Å². The van der Waals surface area contributed by atoms with E-state index >= 15 is 0 Å². The zero-order valence-corrected chi connectivity index (χ0v) is 18.5. The van der Waals surface area contributed by atoms with Gasteiger partial charge in [0.15, 0.2) is 0 Å². The van der Waals surface area contributed by atoms with Crippen molar-refractivity contribution in [1.29, 1.82) is 0 Å². The standard InChI is InChI=1S/C25H20F2N2O5/c1-32-15-9-11-21(34-3)18(13-15)28-23-22(16-6-4-5-7-20(16)33-2)24(30)29(25(23)31)19-10-8-14(26)12-17(19)27/h4-13,28H,1-3H3. The topological polar surface area (TPSA) is 77.1 Å². The highest BCUT2D eigenvalue weighted by molar-refractivity contribution is 6.46. The lowest BCUT2D eigenvalue weighted by Gasteiger charge is -2.17. The summed E-state index contributed by atoms with van der Waals surface area (Å²) in [5.74, 6) is -2.35.